The molecule has 2 nitrogen and oxygen atoms in total. The molecule has 0 aliphatic heterocycles. The van der Waals surface area contributed by atoms with E-state index in [2.05, 4.69) is 9.97 Å². The van der Waals surface area contributed by atoms with Crippen LogP contribution in [0.1, 0.15) is 11.4 Å². The van der Waals surface area contributed by atoms with Crippen LogP contribution in [-0.4, -0.2) is 9.97 Å². The Morgan fingerprint density at radius 1 is 1.10 bits per heavy atom. The summed E-state index contributed by atoms with van der Waals surface area (Å²) in [6.07, 6.45) is 0.160. The molecule has 0 aliphatic rings. The summed E-state index contributed by atoms with van der Waals surface area (Å²) in [5.41, 5.74) is 1.57. The van der Waals surface area contributed by atoms with Crippen molar-refractivity contribution in [1.29, 1.82) is 0 Å². The van der Waals surface area contributed by atoms with Crippen LogP contribution in [-0.2, 0) is 6.42 Å². The van der Waals surface area contributed by atoms with E-state index in [1.807, 2.05) is 0 Å². The highest BCUT2D eigenvalue weighted by atomic mass is 35.5. The van der Waals surface area contributed by atoms with Crippen molar-refractivity contribution >= 4 is 34.2 Å². The number of nitrogens with zero attached hydrogens (tertiary/aromatic N) is 1. The summed E-state index contributed by atoms with van der Waals surface area (Å²) in [4.78, 5) is 7.31. The largest absolute Gasteiger partial charge is 0.342 e. The average molecular weight is 313 g/mol. The minimum absolute atomic E-state index is 0.160. The number of imidazole rings is 1. The first kappa shape index (κ1) is 13.3. The van der Waals surface area contributed by atoms with Crippen molar-refractivity contribution < 1.29 is 8.78 Å². The van der Waals surface area contributed by atoms with Crippen LogP contribution in [0.2, 0.25) is 10.0 Å². The molecule has 2 aromatic carbocycles. The van der Waals surface area contributed by atoms with Crippen molar-refractivity contribution in [3.63, 3.8) is 0 Å². The summed E-state index contributed by atoms with van der Waals surface area (Å²) < 4.78 is 26.8. The van der Waals surface area contributed by atoms with Gasteiger partial charge in [0.25, 0.3) is 0 Å². The third kappa shape index (κ3) is 2.37. The number of rotatable bonds is 2. The molecule has 0 radical (unpaired) electrons. The van der Waals surface area contributed by atoms with Gasteiger partial charge in [0, 0.05) is 6.42 Å². The van der Waals surface area contributed by atoms with E-state index in [0.717, 1.165) is 6.07 Å². The molecule has 0 fully saturated rings. The minimum atomic E-state index is -0.871. The van der Waals surface area contributed by atoms with E-state index in [1.165, 1.54) is 12.1 Å². The zero-order valence-corrected chi connectivity index (χ0v) is 11.6. The van der Waals surface area contributed by atoms with Gasteiger partial charge in [-0.1, -0.05) is 35.3 Å². The number of H-pyrrole nitrogens is 1. The minimum Gasteiger partial charge on any atom is -0.342 e. The fraction of sp³-hybridized carbons (Fsp3) is 0.0714. The topological polar surface area (TPSA) is 28.7 Å². The van der Waals surface area contributed by atoms with E-state index < -0.39 is 11.6 Å². The number of halogens is 4. The molecule has 0 aliphatic carbocycles. The summed E-state index contributed by atoms with van der Waals surface area (Å²) >= 11 is 11.8. The Bertz CT molecular complexity index is 760. The van der Waals surface area contributed by atoms with Crippen LogP contribution in [0.25, 0.3) is 11.0 Å². The van der Waals surface area contributed by atoms with Crippen LogP contribution in [0, 0.1) is 11.6 Å². The standard InChI is InChI=1S/C14H8Cl2F2N2/c15-8-5-11-12(6-9(8)16)20-13(19-11)4-7-2-1-3-10(17)14(7)18/h1-3,5-6H,4H2,(H,19,20). The average Bonchev–Trinajstić information content (AvgIpc) is 2.77. The predicted octanol–water partition coefficient (Wildman–Crippen LogP) is 4.74. The van der Waals surface area contributed by atoms with Gasteiger partial charge < -0.3 is 4.98 Å². The molecule has 3 rings (SSSR count). The van der Waals surface area contributed by atoms with Gasteiger partial charge in [-0.3, -0.25) is 0 Å². The number of aromatic amines is 1. The summed E-state index contributed by atoms with van der Waals surface area (Å²) in [6, 6.07) is 7.34. The first-order valence-corrected chi connectivity index (χ1v) is 6.56. The lowest BCUT2D eigenvalue weighted by Crippen LogP contribution is -1.97. The molecular weight excluding hydrogens is 305 g/mol. The maximum Gasteiger partial charge on any atom is 0.162 e. The van der Waals surface area contributed by atoms with Crippen LogP contribution in [0.15, 0.2) is 30.3 Å². The number of benzene rings is 2. The van der Waals surface area contributed by atoms with E-state index in [-0.39, 0.29) is 12.0 Å². The van der Waals surface area contributed by atoms with E-state index in [0.29, 0.717) is 26.9 Å². The highest BCUT2D eigenvalue weighted by molar-refractivity contribution is 6.42. The Kier molecular flexibility index (Phi) is 3.36. The lowest BCUT2D eigenvalue weighted by molar-refractivity contribution is 0.500. The molecule has 0 bridgehead atoms. The number of hydrogen-bond acceptors (Lipinski definition) is 1. The first-order chi connectivity index (χ1) is 9.54. The SMILES string of the molecule is Fc1cccc(Cc2nc3cc(Cl)c(Cl)cc3[nH]2)c1F. The van der Waals surface area contributed by atoms with Crippen molar-refractivity contribution in [2.45, 2.75) is 6.42 Å². The fourth-order valence-electron chi connectivity index (χ4n) is 2.01. The quantitative estimate of drug-likeness (QED) is 0.727. The van der Waals surface area contributed by atoms with Gasteiger partial charge in [-0.05, 0) is 23.8 Å². The van der Waals surface area contributed by atoms with E-state index in [9.17, 15) is 8.78 Å². The zero-order chi connectivity index (χ0) is 14.3. The number of aromatic nitrogens is 2. The van der Waals surface area contributed by atoms with Crippen LogP contribution in [0.5, 0.6) is 0 Å². The maximum absolute atomic E-state index is 13.6. The van der Waals surface area contributed by atoms with Crippen molar-refractivity contribution in [3.05, 3.63) is 63.4 Å². The molecule has 6 heteroatoms. The molecule has 0 spiro atoms. The van der Waals surface area contributed by atoms with Crippen LogP contribution in [0.4, 0.5) is 8.78 Å². The molecule has 0 saturated heterocycles. The van der Waals surface area contributed by atoms with Gasteiger partial charge >= 0.3 is 0 Å². The Morgan fingerprint density at radius 3 is 2.65 bits per heavy atom. The van der Waals surface area contributed by atoms with E-state index in [1.54, 1.807) is 12.1 Å². The molecule has 0 saturated carbocycles. The third-order valence-corrected chi connectivity index (χ3v) is 3.68. The van der Waals surface area contributed by atoms with Crippen LogP contribution in [0.3, 0.4) is 0 Å². The highest BCUT2D eigenvalue weighted by Gasteiger charge is 2.11. The monoisotopic (exact) mass is 312 g/mol. The van der Waals surface area contributed by atoms with Gasteiger partial charge in [-0.15, -0.1) is 0 Å². The molecule has 20 heavy (non-hydrogen) atoms. The molecule has 0 atom stereocenters. The summed E-state index contributed by atoms with van der Waals surface area (Å²) in [5, 5.41) is 0.806. The van der Waals surface area contributed by atoms with Crippen LogP contribution >= 0.6 is 23.2 Å². The molecule has 3 aromatic rings. The van der Waals surface area contributed by atoms with Gasteiger partial charge in [0.2, 0.25) is 0 Å². The van der Waals surface area contributed by atoms with Crippen molar-refractivity contribution in [1.82, 2.24) is 9.97 Å². The normalized spacial score (nSPS) is 11.2. The third-order valence-electron chi connectivity index (χ3n) is 2.96. The van der Waals surface area contributed by atoms with E-state index >= 15 is 0 Å². The van der Waals surface area contributed by atoms with E-state index in [4.69, 9.17) is 23.2 Å². The second-order valence-electron chi connectivity index (χ2n) is 4.36. The van der Waals surface area contributed by atoms with Crippen LogP contribution < -0.4 is 0 Å². The molecule has 1 heterocycles. The summed E-state index contributed by atoms with van der Waals surface area (Å²) in [6.45, 7) is 0. The van der Waals surface area contributed by atoms with Gasteiger partial charge in [0.05, 0.1) is 21.1 Å². The van der Waals surface area contributed by atoms with Gasteiger partial charge in [-0.2, -0.15) is 0 Å². The second kappa shape index (κ2) is 5.04. The zero-order valence-electron chi connectivity index (χ0n) is 10.1. The van der Waals surface area contributed by atoms with Gasteiger partial charge in [0.15, 0.2) is 11.6 Å². The molecule has 1 aromatic heterocycles. The van der Waals surface area contributed by atoms with Gasteiger partial charge in [-0.25, -0.2) is 13.8 Å². The first-order valence-electron chi connectivity index (χ1n) is 5.81. The summed E-state index contributed by atoms with van der Waals surface area (Å²) in [5.74, 6) is -1.21. The van der Waals surface area contributed by atoms with Crippen molar-refractivity contribution in [3.8, 4) is 0 Å². The lowest BCUT2D eigenvalue weighted by Gasteiger charge is -2.01. The second-order valence-corrected chi connectivity index (χ2v) is 5.17. The number of fused-ring (bicyclic) bond motifs is 1. The highest BCUT2D eigenvalue weighted by Crippen LogP contribution is 2.27. The Hall–Kier alpha value is -1.65. The lowest BCUT2D eigenvalue weighted by atomic mass is 10.1. The molecular formula is C14H8Cl2F2N2. The Balaban J connectivity index is 2.01. The predicted molar refractivity (Wildman–Crippen MR) is 75.3 cm³/mol. The fourth-order valence-corrected chi connectivity index (χ4v) is 2.33. The Morgan fingerprint density at radius 2 is 1.85 bits per heavy atom. The molecule has 0 amide bonds. The smallest absolute Gasteiger partial charge is 0.162 e. The maximum atomic E-state index is 13.6. The van der Waals surface area contributed by atoms with Crippen molar-refractivity contribution in [2.75, 3.05) is 0 Å². The summed E-state index contributed by atoms with van der Waals surface area (Å²) in [7, 11) is 0. The van der Waals surface area contributed by atoms with Crippen molar-refractivity contribution in [2.24, 2.45) is 0 Å². The van der Waals surface area contributed by atoms with Gasteiger partial charge in [0.1, 0.15) is 5.82 Å². The number of nitrogens with one attached hydrogen (secondary N) is 1. The molecule has 102 valence electrons. The molecule has 1 N–H and O–H groups in total. The Labute approximate surface area is 123 Å². The number of hydrogen-bond donors (Lipinski definition) is 1. The molecule has 0 unspecified atom stereocenters.